The summed E-state index contributed by atoms with van der Waals surface area (Å²) in [6, 6.07) is 10.9. The van der Waals surface area contributed by atoms with Crippen LogP contribution in [0.4, 0.5) is 0 Å². The normalized spacial score (nSPS) is 21.7. The largest absolute Gasteiger partial charge is 0.292 e. The lowest BCUT2D eigenvalue weighted by molar-refractivity contribution is 0.255. The van der Waals surface area contributed by atoms with E-state index in [1.165, 1.54) is 63.6 Å². The Bertz CT molecular complexity index is 470. The molecule has 1 heteroatoms. The molecule has 0 spiro atoms. The van der Waals surface area contributed by atoms with E-state index in [2.05, 4.69) is 47.1 Å². The van der Waals surface area contributed by atoms with Crippen molar-refractivity contribution in [1.29, 1.82) is 0 Å². The van der Waals surface area contributed by atoms with E-state index in [4.69, 9.17) is 0 Å². The number of hydrogen-bond acceptors (Lipinski definition) is 1. The van der Waals surface area contributed by atoms with E-state index in [0.717, 1.165) is 12.5 Å². The summed E-state index contributed by atoms with van der Waals surface area (Å²) in [6.07, 6.45) is 9.61. The highest BCUT2D eigenvalue weighted by atomic mass is 15.1. The fourth-order valence-corrected chi connectivity index (χ4v) is 3.81. The van der Waals surface area contributed by atoms with E-state index in [1.54, 1.807) is 0 Å². The van der Waals surface area contributed by atoms with Crippen molar-refractivity contribution in [2.24, 2.45) is 5.92 Å². The Morgan fingerprint density at radius 2 is 1.67 bits per heavy atom. The lowest BCUT2D eigenvalue weighted by Gasteiger charge is -2.24. The maximum atomic E-state index is 3.63. The van der Waals surface area contributed by atoms with Gasteiger partial charge < -0.3 is 0 Å². The minimum absolute atomic E-state index is 0.457. The van der Waals surface area contributed by atoms with Gasteiger partial charge in [0.25, 0.3) is 0 Å². The van der Waals surface area contributed by atoms with Gasteiger partial charge in [0.15, 0.2) is 0 Å². The van der Waals surface area contributed by atoms with Crippen LogP contribution in [0.3, 0.4) is 0 Å². The molecule has 1 unspecified atom stereocenters. The summed E-state index contributed by atoms with van der Waals surface area (Å²) >= 11 is 0. The molecule has 1 aromatic rings. The fourth-order valence-electron chi connectivity index (χ4n) is 3.81. The van der Waals surface area contributed by atoms with Gasteiger partial charge in [-0.3, -0.25) is 4.90 Å². The van der Waals surface area contributed by atoms with Crippen LogP contribution >= 0.6 is 0 Å². The zero-order valence-electron chi connectivity index (χ0n) is 13.1. The predicted molar refractivity (Wildman–Crippen MR) is 89.2 cm³/mol. The molecule has 0 N–H and O–H groups in total. The Balaban J connectivity index is 1.67. The van der Waals surface area contributed by atoms with Crippen molar-refractivity contribution in [2.75, 3.05) is 19.6 Å². The average molecular weight is 281 g/mol. The summed E-state index contributed by atoms with van der Waals surface area (Å²) in [6.45, 7) is 3.46. The summed E-state index contributed by atoms with van der Waals surface area (Å²) in [4.78, 5) is 2.52. The van der Waals surface area contributed by atoms with Crippen LogP contribution in [0.5, 0.6) is 0 Å². The lowest BCUT2D eigenvalue weighted by atomic mass is 9.85. The highest BCUT2D eigenvalue weighted by molar-refractivity contribution is 5.29. The number of hydrogen-bond donors (Lipinski definition) is 0. The molecule has 0 amide bonds. The topological polar surface area (TPSA) is 3.24 Å². The lowest BCUT2D eigenvalue weighted by Crippen LogP contribution is -2.29. The van der Waals surface area contributed by atoms with Crippen molar-refractivity contribution in [3.05, 3.63) is 35.9 Å². The molecule has 1 saturated heterocycles. The Morgan fingerprint density at radius 3 is 2.38 bits per heavy atom. The van der Waals surface area contributed by atoms with Gasteiger partial charge >= 0.3 is 0 Å². The van der Waals surface area contributed by atoms with Gasteiger partial charge in [-0.05, 0) is 50.3 Å². The van der Waals surface area contributed by atoms with E-state index in [9.17, 15) is 0 Å². The molecule has 3 rings (SSSR count). The molecule has 1 saturated carbocycles. The third kappa shape index (κ3) is 4.11. The third-order valence-corrected chi connectivity index (χ3v) is 5.04. The smallest absolute Gasteiger partial charge is 0.0601 e. The Labute approximate surface area is 129 Å². The van der Waals surface area contributed by atoms with Crippen LogP contribution in [0, 0.1) is 17.8 Å². The van der Waals surface area contributed by atoms with E-state index >= 15 is 0 Å². The summed E-state index contributed by atoms with van der Waals surface area (Å²) in [5.41, 5.74) is 1.43. The summed E-state index contributed by atoms with van der Waals surface area (Å²) < 4.78 is 0. The molecule has 0 bridgehead atoms. The molecular formula is C20H27N. The maximum absolute atomic E-state index is 3.63. The second kappa shape index (κ2) is 7.66. The van der Waals surface area contributed by atoms with Crippen LogP contribution in [0.2, 0.25) is 0 Å². The van der Waals surface area contributed by atoms with Gasteiger partial charge in [-0.1, -0.05) is 61.4 Å². The standard InChI is InChI=1S/C20H27N/c1-3-10-18(11-4-1)20(19-12-5-6-13-19)14-9-17-21-15-7-2-8-16-21/h1,3-4,10-11,19-20H,2,5-8,12-13,15-17H2. The molecule has 21 heavy (non-hydrogen) atoms. The SMILES string of the molecule is C(#CC(c1ccccc1)C1CCCC1)CN1CCCCC1. The number of likely N-dealkylation sites (tertiary alicyclic amines) is 1. The van der Waals surface area contributed by atoms with Gasteiger partial charge in [0.05, 0.1) is 6.54 Å². The van der Waals surface area contributed by atoms with Crippen LogP contribution < -0.4 is 0 Å². The van der Waals surface area contributed by atoms with Crippen molar-refractivity contribution in [1.82, 2.24) is 4.90 Å². The second-order valence-corrected chi connectivity index (χ2v) is 6.59. The van der Waals surface area contributed by atoms with Crippen LogP contribution in [-0.2, 0) is 0 Å². The molecular weight excluding hydrogens is 254 g/mol. The van der Waals surface area contributed by atoms with Crippen molar-refractivity contribution < 1.29 is 0 Å². The molecule has 2 aliphatic rings. The molecule has 112 valence electrons. The minimum Gasteiger partial charge on any atom is -0.292 e. The van der Waals surface area contributed by atoms with Crippen molar-refractivity contribution >= 4 is 0 Å². The Morgan fingerprint density at radius 1 is 0.952 bits per heavy atom. The molecule has 0 radical (unpaired) electrons. The third-order valence-electron chi connectivity index (χ3n) is 5.04. The van der Waals surface area contributed by atoms with E-state index in [0.29, 0.717) is 5.92 Å². The van der Waals surface area contributed by atoms with Gasteiger partial charge in [0.1, 0.15) is 0 Å². The minimum atomic E-state index is 0.457. The highest BCUT2D eigenvalue weighted by Gasteiger charge is 2.24. The van der Waals surface area contributed by atoms with E-state index < -0.39 is 0 Å². The number of piperidine rings is 1. The van der Waals surface area contributed by atoms with Gasteiger partial charge in [-0.25, -0.2) is 0 Å². The Kier molecular flexibility index (Phi) is 5.35. The second-order valence-electron chi connectivity index (χ2n) is 6.59. The molecule has 1 aliphatic heterocycles. The molecule has 1 atom stereocenters. The first-order chi connectivity index (χ1) is 10.4. The molecule has 1 nitrogen and oxygen atoms in total. The van der Waals surface area contributed by atoms with E-state index in [-0.39, 0.29) is 0 Å². The molecule has 1 aliphatic carbocycles. The predicted octanol–water partition coefficient (Wildman–Crippen LogP) is 4.45. The van der Waals surface area contributed by atoms with Gasteiger partial charge in [0.2, 0.25) is 0 Å². The zero-order valence-corrected chi connectivity index (χ0v) is 13.1. The summed E-state index contributed by atoms with van der Waals surface area (Å²) in [5.74, 6) is 8.38. The average Bonchev–Trinajstić information content (AvgIpc) is 3.07. The quantitative estimate of drug-likeness (QED) is 0.740. The first kappa shape index (κ1) is 14.7. The van der Waals surface area contributed by atoms with Crippen molar-refractivity contribution in [2.45, 2.75) is 50.9 Å². The number of benzene rings is 1. The van der Waals surface area contributed by atoms with Crippen molar-refractivity contribution in [3.63, 3.8) is 0 Å². The zero-order chi connectivity index (χ0) is 14.3. The van der Waals surface area contributed by atoms with Gasteiger partial charge in [-0.2, -0.15) is 0 Å². The Hall–Kier alpha value is -1.26. The van der Waals surface area contributed by atoms with Crippen LogP contribution in [0.15, 0.2) is 30.3 Å². The molecule has 1 heterocycles. The maximum Gasteiger partial charge on any atom is 0.0601 e. The van der Waals surface area contributed by atoms with Gasteiger partial charge in [0, 0.05) is 5.92 Å². The van der Waals surface area contributed by atoms with Crippen molar-refractivity contribution in [3.8, 4) is 11.8 Å². The summed E-state index contributed by atoms with van der Waals surface area (Å²) in [5, 5.41) is 0. The highest BCUT2D eigenvalue weighted by Crippen LogP contribution is 2.36. The van der Waals surface area contributed by atoms with E-state index in [1.807, 2.05) is 0 Å². The molecule has 1 aromatic carbocycles. The number of rotatable bonds is 3. The summed E-state index contributed by atoms with van der Waals surface area (Å²) in [7, 11) is 0. The number of nitrogens with zero attached hydrogens (tertiary/aromatic N) is 1. The van der Waals surface area contributed by atoms with Gasteiger partial charge in [-0.15, -0.1) is 0 Å². The van der Waals surface area contributed by atoms with Crippen LogP contribution in [-0.4, -0.2) is 24.5 Å². The van der Waals surface area contributed by atoms with Crippen LogP contribution in [0.25, 0.3) is 0 Å². The monoisotopic (exact) mass is 281 g/mol. The fraction of sp³-hybridized carbons (Fsp3) is 0.600. The van der Waals surface area contributed by atoms with Crippen LogP contribution in [0.1, 0.15) is 56.4 Å². The first-order valence-electron chi connectivity index (χ1n) is 8.69. The first-order valence-corrected chi connectivity index (χ1v) is 8.69. The molecule has 0 aromatic heterocycles. The molecule has 2 fully saturated rings.